The van der Waals surface area contributed by atoms with Gasteiger partial charge in [0.05, 0.1) is 0 Å². The standard InChI is InChI=1S/C19H38N2/c1-18(2,3)9-12-20-14-17(15-20)13-16-7-10-21(11-8-16)19(4,5)6/h16-17H,7-15H2,1-6H3. The van der Waals surface area contributed by atoms with Crippen LogP contribution in [0.25, 0.3) is 0 Å². The molecule has 0 saturated carbocycles. The molecule has 2 heterocycles. The first-order chi connectivity index (χ1) is 9.63. The van der Waals surface area contributed by atoms with Crippen LogP contribution in [-0.2, 0) is 0 Å². The van der Waals surface area contributed by atoms with Crippen molar-refractivity contribution in [3.05, 3.63) is 0 Å². The van der Waals surface area contributed by atoms with Crippen LogP contribution in [0.1, 0.15) is 67.2 Å². The molecule has 2 aliphatic heterocycles. The van der Waals surface area contributed by atoms with Gasteiger partial charge in [0, 0.05) is 18.6 Å². The third kappa shape index (κ3) is 5.56. The molecule has 2 heteroatoms. The van der Waals surface area contributed by atoms with E-state index in [0.29, 0.717) is 11.0 Å². The molecule has 2 aliphatic rings. The van der Waals surface area contributed by atoms with E-state index in [4.69, 9.17) is 0 Å². The smallest absolute Gasteiger partial charge is 0.0125 e. The van der Waals surface area contributed by atoms with Crippen molar-refractivity contribution in [3.8, 4) is 0 Å². The molecule has 0 aromatic heterocycles. The Hall–Kier alpha value is -0.0800. The van der Waals surface area contributed by atoms with Gasteiger partial charge in [-0.05, 0) is 83.3 Å². The number of hydrogen-bond acceptors (Lipinski definition) is 2. The topological polar surface area (TPSA) is 6.48 Å². The van der Waals surface area contributed by atoms with Gasteiger partial charge in [-0.25, -0.2) is 0 Å². The van der Waals surface area contributed by atoms with Gasteiger partial charge in [0.2, 0.25) is 0 Å². The fourth-order valence-electron chi connectivity index (χ4n) is 3.81. The summed E-state index contributed by atoms with van der Waals surface area (Å²) in [5, 5.41) is 0. The Labute approximate surface area is 133 Å². The van der Waals surface area contributed by atoms with Gasteiger partial charge in [-0.3, -0.25) is 4.90 Å². The molecular weight excluding hydrogens is 256 g/mol. The van der Waals surface area contributed by atoms with E-state index >= 15 is 0 Å². The van der Waals surface area contributed by atoms with Gasteiger partial charge in [0.25, 0.3) is 0 Å². The van der Waals surface area contributed by atoms with Crippen LogP contribution in [0.3, 0.4) is 0 Å². The SMILES string of the molecule is CC(C)(C)CCN1CC(CC2CCN(C(C)(C)C)CC2)C1. The number of hydrogen-bond donors (Lipinski definition) is 0. The van der Waals surface area contributed by atoms with E-state index in [-0.39, 0.29) is 0 Å². The van der Waals surface area contributed by atoms with Crippen LogP contribution < -0.4 is 0 Å². The fraction of sp³-hybridized carbons (Fsp3) is 1.00. The molecule has 2 saturated heterocycles. The zero-order valence-corrected chi connectivity index (χ0v) is 15.4. The lowest BCUT2D eigenvalue weighted by molar-refractivity contribution is 0.0431. The van der Waals surface area contributed by atoms with Gasteiger partial charge in [0.1, 0.15) is 0 Å². The van der Waals surface area contributed by atoms with E-state index in [1.807, 2.05) is 0 Å². The molecule has 124 valence electrons. The van der Waals surface area contributed by atoms with Crippen LogP contribution in [-0.4, -0.2) is 48.1 Å². The quantitative estimate of drug-likeness (QED) is 0.764. The van der Waals surface area contributed by atoms with Crippen molar-refractivity contribution in [1.29, 1.82) is 0 Å². The van der Waals surface area contributed by atoms with Gasteiger partial charge in [0.15, 0.2) is 0 Å². The average Bonchev–Trinajstić information content (AvgIpc) is 2.30. The Morgan fingerprint density at radius 1 is 0.857 bits per heavy atom. The maximum atomic E-state index is 2.67. The molecule has 0 unspecified atom stereocenters. The lowest BCUT2D eigenvalue weighted by atomic mass is 9.82. The van der Waals surface area contributed by atoms with Crippen LogP contribution in [0.4, 0.5) is 0 Å². The highest BCUT2D eigenvalue weighted by molar-refractivity contribution is 4.86. The second kappa shape index (κ2) is 6.58. The molecule has 0 aromatic rings. The zero-order valence-electron chi connectivity index (χ0n) is 15.4. The molecule has 0 aliphatic carbocycles. The van der Waals surface area contributed by atoms with Crippen molar-refractivity contribution >= 4 is 0 Å². The molecule has 2 nitrogen and oxygen atoms in total. The normalized spacial score (nSPS) is 24.3. The van der Waals surface area contributed by atoms with Crippen molar-refractivity contribution in [1.82, 2.24) is 9.80 Å². The van der Waals surface area contributed by atoms with E-state index < -0.39 is 0 Å². The Morgan fingerprint density at radius 2 is 1.43 bits per heavy atom. The molecule has 0 atom stereocenters. The number of piperidine rings is 1. The molecule has 0 spiro atoms. The highest BCUT2D eigenvalue weighted by atomic mass is 15.2. The average molecular weight is 295 g/mol. The monoisotopic (exact) mass is 294 g/mol. The summed E-state index contributed by atoms with van der Waals surface area (Å²) in [5.74, 6) is 1.99. The molecule has 0 amide bonds. The van der Waals surface area contributed by atoms with E-state index in [1.54, 1.807) is 0 Å². The number of likely N-dealkylation sites (tertiary alicyclic amines) is 2. The van der Waals surface area contributed by atoms with Gasteiger partial charge in [-0.2, -0.15) is 0 Å². The molecule has 2 fully saturated rings. The third-order valence-corrected chi connectivity index (χ3v) is 5.44. The lowest BCUT2D eigenvalue weighted by Gasteiger charge is -2.45. The summed E-state index contributed by atoms with van der Waals surface area (Å²) in [4.78, 5) is 5.33. The summed E-state index contributed by atoms with van der Waals surface area (Å²) in [6.07, 6.45) is 5.68. The first kappa shape index (κ1) is 17.3. The van der Waals surface area contributed by atoms with Crippen molar-refractivity contribution < 1.29 is 0 Å². The summed E-state index contributed by atoms with van der Waals surface area (Å²) >= 11 is 0. The Bertz CT molecular complexity index is 309. The van der Waals surface area contributed by atoms with Gasteiger partial charge in [-0.1, -0.05) is 20.8 Å². The molecular formula is C19H38N2. The lowest BCUT2D eigenvalue weighted by Crippen LogP contribution is -2.50. The molecule has 21 heavy (non-hydrogen) atoms. The Kier molecular flexibility index (Phi) is 5.41. The third-order valence-electron chi connectivity index (χ3n) is 5.44. The van der Waals surface area contributed by atoms with E-state index in [2.05, 4.69) is 51.3 Å². The van der Waals surface area contributed by atoms with Gasteiger partial charge >= 0.3 is 0 Å². The minimum Gasteiger partial charge on any atom is -0.303 e. The van der Waals surface area contributed by atoms with Crippen molar-refractivity contribution in [2.75, 3.05) is 32.7 Å². The van der Waals surface area contributed by atoms with Crippen LogP contribution >= 0.6 is 0 Å². The first-order valence-electron chi connectivity index (χ1n) is 9.11. The predicted octanol–water partition coefficient (Wildman–Crippen LogP) is 4.26. The summed E-state index contributed by atoms with van der Waals surface area (Å²) < 4.78 is 0. The van der Waals surface area contributed by atoms with E-state index in [0.717, 1.165) is 11.8 Å². The maximum absolute atomic E-state index is 2.67. The van der Waals surface area contributed by atoms with Gasteiger partial charge < -0.3 is 4.90 Å². The van der Waals surface area contributed by atoms with Gasteiger partial charge in [-0.15, -0.1) is 0 Å². The maximum Gasteiger partial charge on any atom is 0.0125 e. The second-order valence-corrected chi connectivity index (χ2v) is 9.77. The highest BCUT2D eigenvalue weighted by Crippen LogP contribution is 2.32. The Morgan fingerprint density at radius 3 is 1.90 bits per heavy atom. The van der Waals surface area contributed by atoms with Crippen LogP contribution in [0.2, 0.25) is 0 Å². The number of nitrogens with zero attached hydrogens (tertiary/aromatic N) is 2. The summed E-state index contributed by atoms with van der Waals surface area (Å²) in [7, 11) is 0. The first-order valence-corrected chi connectivity index (χ1v) is 9.11. The van der Waals surface area contributed by atoms with Crippen molar-refractivity contribution in [2.24, 2.45) is 17.3 Å². The van der Waals surface area contributed by atoms with Crippen molar-refractivity contribution in [3.63, 3.8) is 0 Å². The largest absolute Gasteiger partial charge is 0.303 e. The summed E-state index contributed by atoms with van der Waals surface area (Å²) in [6, 6.07) is 0. The van der Waals surface area contributed by atoms with E-state index in [9.17, 15) is 0 Å². The summed E-state index contributed by atoms with van der Waals surface area (Å²) in [5.41, 5.74) is 0.857. The number of rotatable bonds is 4. The van der Waals surface area contributed by atoms with Crippen LogP contribution in [0.5, 0.6) is 0 Å². The van der Waals surface area contributed by atoms with Crippen LogP contribution in [0, 0.1) is 17.3 Å². The summed E-state index contributed by atoms with van der Waals surface area (Å²) in [6.45, 7) is 20.8. The fourth-order valence-corrected chi connectivity index (χ4v) is 3.81. The van der Waals surface area contributed by atoms with Crippen molar-refractivity contribution in [2.45, 2.75) is 72.8 Å². The molecule has 2 rings (SSSR count). The highest BCUT2D eigenvalue weighted by Gasteiger charge is 2.32. The minimum absolute atomic E-state index is 0.366. The minimum atomic E-state index is 0.366. The Balaban J connectivity index is 1.59. The molecule has 0 N–H and O–H groups in total. The molecule has 0 aromatic carbocycles. The van der Waals surface area contributed by atoms with E-state index in [1.165, 1.54) is 58.4 Å². The van der Waals surface area contributed by atoms with Crippen LogP contribution in [0.15, 0.2) is 0 Å². The zero-order chi connectivity index (χ0) is 15.7. The second-order valence-electron chi connectivity index (χ2n) is 9.77. The predicted molar refractivity (Wildman–Crippen MR) is 92.7 cm³/mol. The molecule has 0 radical (unpaired) electrons. The molecule has 0 bridgehead atoms.